The number of ether oxygens (including phenoxy) is 4. The zero-order valence-electron chi connectivity index (χ0n) is 19.8. The van der Waals surface area contributed by atoms with E-state index < -0.39 is 12.0 Å². The van der Waals surface area contributed by atoms with Gasteiger partial charge < -0.3 is 28.8 Å². The first-order valence-electron chi connectivity index (χ1n) is 12.3. The van der Waals surface area contributed by atoms with Gasteiger partial charge in [-0.3, -0.25) is 14.9 Å². The molecule has 0 radical (unpaired) electrons. The van der Waals surface area contributed by atoms with Crippen molar-refractivity contribution in [3.8, 4) is 5.75 Å². The Hall–Kier alpha value is -3.47. The van der Waals surface area contributed by atoms with Crippen molar-refractivity contribution in [3.63, 3.8) is 0 Å². The zero-order chi connectivity index (χ0) is 24.6. The van der Waals surface area contributed by atoms with E-state index in [1.165, 1.54) is 0 Å². The number of benzene rings is 2. The number of rotatable bonds is 1. The number of fused-ring (bicyclic) bond motifs is 8. The number of aryl methyl sites for hydroxylation is 1. The van der Waals surface area contributed by atoms with Crippen LogP contribution in [0.25, 0.3) is 21.8 Å². The fourth-order valence-electron chi connectivity index (χ4n) is 5.40. The summed E-state index contributed by atoms with van der Waals surface area (Å²) in [5.41, 5.74) is 4.40. The van der Waals surface area contributed by atoms with Crippen molar-refractivity contribution in [3.05, 3.63) is 40.5 Å². The first kappa shape index (κ1) is 23.0. The quantitative estimate of drug-likeness (QED) is 0.500. The summed E-state index contributed by atoms with van der Waals surface area (Å²) in [5.74, 6) is -0.445. The number of aromatic nitrogens is 1. The van der Waals surface area contributed by atoms with Crippen molar-refractivity contribution in [1.29, 1.82) is 0 Å². The Kier molecular flexibility index (Phi) is 6.08. The summed E-state index contributed by atoms with van der Waals surface area (Å²) in [6, 6.07) is 5.40. The van der Waals surface area contributed by atoms with Gasteiger partial charge in [-0.15, -0.1) is 0 Å². The SMILES string of the molecule is O=C1NC(=O)c2c1c1c(c3[nH]c4cccc(OC(=O)N5CCOCCOCCOCC5)c4c23)CCC1. The summed E-state index contributed by atoms with van der Waals surface area (Å²) in [6.07, 6.45) is 1.97. The van der Waals surface area contributed by atoms with Gasteiger partial charge in [0, 0.05) is 18.5 Å². The van der Waals surface area contributed by atoms with Gasteiger partial charge in [0.05, 0.1) is 67.2 Å². The molecule has 3 aromatic rings. The van der Waals surface area contributed by atoms with Crippen molar-refractivity contribution in [2.45, 2.75) is 19.3 Å². The van der Waals surface area contributed by atoms with E-state index in [0.29, 0.717) is 80.4 Å². The van der Waals surface area contributed by atoms with E-state index in [-0.39, 0.29) is 5.91 Å². The summed E-state index contributed by atoms with van der Waals surface area (Å²) >= 11 is 0. The molecule has 1 fully saturated rings. The molecule has 0 spiro atoms. The van der Waals surface area contributed by atoms with Crippen LogP contribution in [0.2, 0.25) is 0 Å². The number of aromatic amines is 1. The number of carbonyl (C=O) groups excluding carboxylic acids is 3. The summed E-state index contributed by atoms with van der Waals surface area (Å²) in [7, 11) is 0. The second kappa shape index (κ2) is 9.53. The highest BCUT2D eigenvalue weighted by molar-refractivity contribution is 6.32. The van der Waals surface area contributed by atoms with Crippen LogP contribution in [0.4, 0.5) is 4.79 Å². The predicted octanol–water partition coefficient (Wildman–Crippen LogP) is 2.56. The molecule has 1 aliphatic carbocycles. The smallest absolute Gasteiger partial charge is 0.409 e. The molecule has 10 nitrogen and oxygen atoms in total. The Morgan fingerprint density at radius 1 is 0.833 bits per heavy atom. The zero-order valence-corrected chi connectivity index (χ0v) is 19.8. The van der Waals surface area contributed by atoms with Gasteiger partial charge in [-0.2, -0.15) is 0 Å². The largest absolute Gasteiger partial charge is 0.415 e. The maximum absolute atomic E-state index is 13.2. The Morgan fingerprint density at radius 2 is 1.50 bits per heavy atom. The third-order valence-corrected chi connectivity index (χ3v) is 7.00. The van der Waals surface area contributed by atoms with Gasteiger partial charge in [-0.1, -0.05) is 6.07 Å². The van der Waals surface area contributed by atoms with Crippen LogP contribution < -0.4 is 10.1 Å². The highest BCUT2D eigenvalue weighted by Crippen LogP contribution is 2.43. The van der Waals surface area contributed by atoms with Gasteiger partial charge in [0.25, 0.3) is 11.8 Å². The normalized spacial score (nSPS) is 19.1. The van der Waals surface area contributed by atoms with Gasteiger partial charge >= 0.3 is 6.09 Å². The summed E-state index contributed by atoms with van der Waals surface area (Å²) in [4.78, 5) is 43.8. The monoisotopic (exact) mass is 493 g/mol. The minimum Gasteiger partial charge on any atom is -0.409 e. The molecule has 0 atom stereocenters. The molecule has 1 saturated heterocycles. The first-order valence-corrected chi connectivity index (χ1v) is 12.3. The molecule has 1 aromatic heterocycles. The molecular formula is C26H27N3O7. The van der Waals surface area contributed by atoms with E-state index in [9.17, 15) is 14.4 Å². The minimum atomic E-state index is -0.532. The molecule has 2 N–H and O–H groups in total. The summed E-state index contributed by atoms with van der Waals surface area (Å²) < 4.78 is 22.4. The average molecular weight is 494 g/mol. The Morgan fingerprint density at radius 3 is 2.25 bits per heavy atom. The van der Waals surface area contributed by atoms with Gasteiger partial charge in [0.1, 0.15) is 5.75 Å². The summed E-state index contributed by atoms with van der Waals surface area (Å²) in [6.45, 7) is 3.19. The molecule has 188 valence electrons. The van der Waals surface area contributed by atoms with Crippen molar-refractivity contribution >= 4 is 39.7 Å². The maximum atomic E-state index is 13.2. The van der Waals surface area contributed by atoms with Gasteiger partial charge in [0.15, 0.2) is 0 Å². The first-order chi connectivity index (χ1) is 17.6. The number of nitrogens with zero attached hydrogens (tertiary/aromatic N) is 1. The second-order valence-electron chi connectivity index (χ2n) is 9.09. The van der Waals surface area contributed by atoms with E-state index in [4.69, 9.17) is 18.9 Å². The third-order valence-electron chi connectivity index (χ3n) is 7.00. The van der Waals surface area contributed by atoms with Gasteiger partial charge in [0.2, 0.25) is 0 Å². The Balaban J connectivity index is 1.39. The second-order valence-corrected chi connectivity index (χ2v) is 9.09. The number of amides is 3. The molecular weight excluding hydrogens is 466 g/mol. The third kappa shape index (κ3) is 3.91. The molecule has 10 heteroatoms. The molecule has 0 bridgehead atoms. The predicted molar refractivity (Wildman–Crippen MR) is 130 cm³/mol. The van der Waals surface area contributed by atoms with Gasteiger partial charge in [-0.25, -0.2) is 4.79 Å². The molecule has 3 amide bonds. The molecule has 2 aromatic carbocycles. The van der Waals surface area contributed by atoms with Crippen LogP contribution in [-0.4, -0.2) is 80.5 Å². The Bertz CT molecular complexity index is 1370. The fraction of sp³-hybridized carbons (Fsp3) is 0.423. The van der Waals surface area contributed by atoms with Crippen LogP contribution in [0, 0.1) is 0 Å². The van der Waals surface area contributed by atoms with Crippen LogP contribution in [0.3, 0.4) is 0 Å². The lowest BCUT2D eigenvalue weighted by Crippen LogP contribution is -2.39. The lowest BCUT2D eigenvalue weighted by molar-refractivity contribution is -0.00339. The van der Waals surface area contributed by atoms with Crippen LogP contribution in [-0.2, 0) is 27.1 Å². The van der Waals surface area contributed by atoms with E-state index in [1.54, 1.807) is 17.0 Å². The van der Waals surface area contributed by atoms with E-state index in [2.05, 4.69) is 10.3 Å². The Labute approximate surface area is 206 Å². The molecule has 3 aliphatic rings. The number of imide groups is 1. The average Bonchev–Trinajstić information content (AvgIpc) is 3.55. The van der Waals surface area contributed by atoms with E-state index in [0.717, 1.165) is 41.4 Å². The highest BCUT2D eigenvalue weighted by atomic mass is 16.6. The van der Waals surface area contributed by atoms with E-state index in [1.807, 2.05) is 6.07 Å². The number of hydrogen-bond acceptors (Lipinski definition) is 7. The number of hydrogen-bond donors (Lipinski definition) is 2. The number of nitrogens with one attached hydrogen (secondary N) is 2. The van der Waals surface area contributed by atoms with Crippen LogP contribution in [0.5, 0.6) is 5.75 Å². The van der Waals surface area contributed by atoms with Crippen molar-refractivity contribution in [2.75, 3.05) is 52.7 Å². The van der Waals surface area contributed by atoms with Crippen molar-refractivity contribution in [2.24, 2.45) is 0 Å². The molecule has 0 saturated carbocycles. The van der Waals surface area contributed by atoms with Crippen molar-refractivity contribution in [1.82, 2.24) is 15.2 Å². The molecule has 0 unspecified atom stereocenters. The number of H-pyrrole nitrogens is 1. The lowest BCUT2D eigenvalue weighted by Gasteiger charge is -2.23. The highest BCUT2D eigenvalue weighted by Gasteiger charge is 2.37. The standard InChI is InChI=1S/C26H27N3O7/c30-24-19-15-3-1-4-16(15)23-21(22(19)25(31)28-24)20-17(27-23)5-2-6-18(20)36-26(32)29-7-9-33-11-13-35-14-12-34-10-8-29/h2,5-6,27H,1,3-4,7-14H2,(H,28,30,31). The van der Waals surface area contributed by atoms with Crippen LogP contribution in [0.1, 0.15) is 38.3 Å². The molecule has 6 rings (SSSR count). The minimum absolute atomic E-state index is 0.331. The molecule has 3 heterocycles. The lowest BCUT2D eigenvalue weighted by atomic mass is 9.93. The molecule has 2 aliphatic heterocycles. The fourth-order valence-corrected chi connectivity index (χ4v) is 5.40. The van der Waals surface area contributed by atoms with E-state index >= 15 is 0 Å². The maximum Gasteiger partial charge on any atom is 0.415 e. The topological polar surface area (TPSA) is 119 Å². The van der Waals surface area contributed by atoms with Crippen LogP contribution in [0.15, 0.2) is 18.2 Å². The number of carbonyl (C=O) groups is 3. The summed E-state index contributed by atoms with van der Waals surface area (Å²) in [5, 5.41) is 3.71. The van der Waals surface area contributed by atoms with Crippen LogP contribution >= 0.6 is 0 Å². The van der Waals surface area contributed by atoms with Crippen molar-refractivity contribution < 1.29 is 33.3 Å². The molecule has 36 heavy (non-hydrogen) atoms. The van der Waals surface area contributed by atoms with Gasteiger partial charge in [-0.05, 0) is 42.5 Å².